The van der Waals surface area contributed by atoms with Crippen molar-refractivity contribution in [3.8, 4) is 11.8 Å². The summed E-state index contributed by atoms with van der Waals surface area (Å²) in [5.74, 6) is 0.535. The second-order valence-electron chi connectivity index (χ2n) is 4.16. The highest BCUT2D eigenvalue weighted by molar-refractivity contribution is 9.10. The van der Waals surface area contributed by atoms with Crippen LogP contribution in [0.5, 0.6) is 5.75 Å². The fraction of sp³-hybridized carbons (Fsp3) is 0.385. The van der Waals surface area contributed by atoms with Gasteiger partial charge in [0.15, 0.2) is 0 Å². The van der Waals surface area contributed by atoms with Gasteiger partial charge in [-0.1, -0.05) is 29.8 Å². The third-order valence-electron chi connectivity index (χ3n) is 2.42. The summed E-state index contributed by atoms with van der Waals surface area (Å²) in [5.41, 5.74) is 1.05. The Bertz CT molecular complexity index is 480. The summed E-state index contributed by atoms with van der Waals surface area (Å²) < 4.78 is 5.15. The molecule has 1 aromatic carbocycles. The Kier molecular flexibility index (Phi) is 5.17. The standard InChI is InChI=1S/C13H15BrN2O2/c1-8(2)12(14)13(17)16-10-5-4-9(7-15)6-11(10)18-3/h4-6,8,12H,1-3H3,(H,16,17). The maximum Gasteiger partial charge on any atom is 0.238 e. The SMILES string of the molecule is COc1cc(C#N)ccc1NC(=O)C(Br)C(C)C. The molecule has 18 heavy (non-hydrogen) atoms. The van der Waals surface area contributed by atoms with E-state index in [1.165, 1.54) is 7.11 Å². The van der Waals surface area contributed by atoms with Crippen LogP contribution in [0.3, 0.4) is 0 Å². The molecule has 0 aliphatic carbocycles. The number of hydrogen-bond donors (Lipinski definition) is 1. The monoisotopic (exact) mass is 310 g/mol. The maximum absolute atomic E-state index is 11.9. The molecule has 0 spiro atoms. The van der Waals surface area contributed by atoms with Gasteiger partial charge in [-0.2, -0.15) is 5.26 Å². The van der Waals surface area contributed by atoms with E-state index < -0.39 is 0 Å². The molecule has 0 bridgehead atoms. The summed E-state index contributed by atoms with van der Waals surface area (Å²) in [6.45, 7) is 3.91. The van der Waals surface area contributed by atoms with Crippen LogP contribution in [-0.2, 0) is 4.79 Å². The van der Waals surface area contributed by atoms with Gasteiger partial charge >= 0.3 is 0 Å². The van der Waals surface area contributed by atoms with E-state index in [2.05, 4.69) is 21.2 Å². The van der Waals surface area contributed by atoms with Crippen molar-refractivity contribution in [1.82, 2.24) is 0 Å². The van der Waals surface area contributed by atoms with E-state index in [1.54, 1.807) is 18.2 Å². The van der Waals surface area contributed by atoms with Crippen molar-refractivity contribution in [3.05, 3.63) is 23.8 Å². The number of methoxy groups -OCH3 is 1. The number of carbonyl (C=O) groups excluding carboxylic acids is 1. The third-order valence-corrected chi connectivity index (χ3v) is 3.90. The van der Waals surface area contributed by atoms with Gasteiger partial charge in [-0.3, -0.25) is 4.79 Å². The lowest BCUT2D eigenvalue weighted by Crippen LogP contribution is -2.27. The Morgan fingerprint density at radius 1 is 1.50 bits per heavy atom. The van der Waals surface area contributed by atoms with E-state index >= 15 is 0 Å². The van der Waals surface area contributed by atoms with E-state index in [4.69, 9.17) is 10.00 Å². The molecule has 1 unspecified atom stereocenters. The van der Waals surface area contributed by atoms with E-state index in [9.17, 15) is 4.79 Å². The highest BCUT2D eigenvalue weighted by Gasteiger charge is 2.19. The molecule has 0 aliphatic heterocycles. The third kappa shape index (κ3) is 3.47. The molecule has 5 heteroatoms. The molecule has 1 aromatic rings. The number of amides is 1. The number of carbonyl (C=O) groups is 1. The molecule has 1 N–H and O–H groups in total. The van der Waals surface area contributed by atoms with E-state index in [1.807, 2.05) is 19.9 Å². The van der Waals surface area contributed by atoms with Gasteiger partial charge in [0.05, 0.1) is 29.3 Å². The quantitative estimate of drug-likeness (QED) is 0.870. The molecule has 1 atom stereocenters. The van der Waals surface area contributed by atoms with Gasteiger partial charge in [-0.05, 0) is 18.1 Å². The van der Waals surface area contributed by atoms with Crippen molar-refractivity contribution < 1.29 is 9.53 Å². The summed E-state index contributed by atoms with van der Waals surface area (Å²) >= 11 is 3.33. The summed E-state index contributed by atoms with van der Waals surface area (Å²) in [5, 5.41) is 11.6. The van der Waals surface area contributed by atoms with Crippen LogP contribution in [0.4, 0.5) is 5.69 Å². The van der Waals surface area contributed by atoms with Crippen LogP contribution in [0, 0.1) is 17.2 Å². The van der Waals surface area contributed by atoms with E-state index in [0.717, 1.165) is 0 Å². The molecule has 0 saturated carbocycles. The normalized spacial score (nSPS) is 11.8. The first kappa shape index (κ1) is 14.5. The molecule has 0 radical (unpaired) electrons. The molecule has 0 aliphatic rings. The molecule has 0 aromatic heterocycles. The Balaban J connectivity index is 2.91. The zero-order valence-corrected chi connectivity index (χ0v) is 12.1. The molecule has 0 fully saturated rings. The summed E-state index contributed by atoms with van der Waals surface area (Å²) in [7, 11) is 1.50. The number of anilines is 1. The Labute approximate surface area is 115 Å². The number of halogens is 1. The minimum absolute atomic E-state index is 0.131. The van der Waals surface area contributed by atoms with Crippen molar-refractivity contribution in [2.24, 2.45) is 5.92 Å². The summed E-state index contributed by atoms with van der Waals surface area (Å²) in [6, 6.07) is 6.91. The number of rotatable bonds is 4. The van der Waals surface area contributed by atoms with Gasteiger partial charge in [0, 0.05) is 6.07 Å². The number of nitriles is 1. The molecule has 0 heterocycles. The fourth-order valence-electron chi connectivity index (χ4n) is 1.37. The van der Waals surface area contributed by atoms with Gasteiger partial charge in [-0.25, -0.2) is 0 Å². The Morgan fingerprint density at radius 2 is 2.17 bits per heavy atom. The van der Waals surface area contributed by atoms with Crippen molar-refractivity contribution in [2.45, 2.75) is 18.7 Å². The van der Waals surface area contributed by atoms with E-state index in [-0.39, 0.29) is 16.7 Å². The predicted octanol–water partition coefficient (Wildman–Crippen LogP) is 2.92. The lowest BCUT2D eigenvalue weighted by molar-refractivity contribution is -0.116. The lowest BCUT2D eigenvalue weighted by atomic mass is 10.1. The predicted molar refractivity (Wildman–Crippen MR) is 73.9 cm³/mol. The van der Waals surface area contributed by atoms with Crippen molar-refractivity contribution in [2.75, 3.05) is 12.4 Å². The molecule has 4 nitrogen and oxygen atoms in total. The summed E-state index contributed by atoms with van der Waals surface area (Å²) in [4.78, 5) is 11.6. The largest absolute Gasteiger partial charge is 0.495 e. The van der Waals surface area contributed by atoms with Crippen molar-refractivity contribution in [3.63, 3.8) is 0 Å². The van der Waals surface area contributed by atoms with Crippen molar-refractivity contribution in [1.29, 1.82) is 5.26 Å². The molecule has 0 saturated heterocycles. The molecule has 1 amide bonds. The van der Waals surface area contributed by atoms with Crippen LogP contribution in [0.1, 0.15) is 19.4 Å². The first-order chi connectivity index (χ1) is 8.49. The highest BCUT2D eigenvalue weighted by Crippen LogP contribution is 2.26. The molecular formula is C13H15BrN2O2. The number of alkyl halides is 1. The van der Waals surface area contributed by atoms with Crippen LogP contribution in [0.15, 0.2) is 18.2 Å². The van der Waals surface area contributed by atoms with Gasteiger partial charge < -0.3 is 10.1 Å². The van der Waals surface area contributed by atoms with Crippen LogP contribution in [-0.4, -0.2) is 17.8 Å². The highest BCUT2D eigenvalue weighted by atomic mass is 79.9. The average molecular weight is 311 g/mol. The average Bonchev–Trinajstić information content (AvgIpc) is 2.37. The van der Waals surface area contributed by atoms with E-state index in [0.29, 0.717) is 17.0 Å². The minimum Gasteiger partial charge on any atom is -0.495 e. The zero-order chi connectivity index (χ0) is 13.7. The van der Waals surface area contributed by atoms with Gasteiger partial charge in [-0.15, -0.1) is 0 Å². The van der Waals surface area contributed by atoms with Crippen molar-refractivity contribution >= 4 is 27.5 Å². The smallest absolute Gasteiger partial charge is 0.238 e. The number of nitrogens with one attached hydrogen (secondary N) is 1. The maximum atomic E-state index is 11.9. The molecule has 1 rings (SSSR count). The molecular weight excluding hydrogens is 296 g/mol. The molecule has 96 valence electrons. The van der Waals surface area contributed by atoms with Crippen LogP contribution < -0.4 is 10.1 Å². The van der Waals surface area contributed by atoms with Gasteiger partial charge in [0.1, 0.15) is 5.75 Å². The number of benzene rings is 1. The second kappa shape index (κ2) is 6.41. The summed E-state index contributed by atoms with van der Waals surface area (Å²) in [6.07, 6.45) is 0. The second-order valence-corrected chi connectivity index (χ2v) is 5.15. The van der Waals surface area contributed by atoms with Gasteiger partial charge in [0.2, 0.25) is 5.91 Å². The fourth-order valence-corrected chi connectivity index (χ4v) is 1.48. The van der Waals surface area contributed by atoms with Crippen LogP contribution >= 0.6 is 15.9 Å². The first-order valence-electron chi connectivity index (χ1n) is 5.52. The van der Waals surface area contributed by atoms with Gasteiger partial charge in [0.25, 0.3) is 0 Å². The van der Waals surface area contributed by atoms with Crippen LogP contribution in [0.2, 0.25) is 0 Å². The number of hydrogen-bond acceptors (Lipinski definition) is 3. The lowest BCUT2D eigenvalue weighted by Gasteiger charge is -2.15. The zero-order valence-electron chi connectivity index (χ0n) is 10.5. The number of nitrogens with zero attached hydrogens (tertiary/aromatic N) is 1. The Morgan fingerprint density at radius 3 is 2.67 bits per heavy atom. The Hall–Kier alpha value is -1.54. The number of ether oxygens (including phenoxy) is 1. The van der Waals surface area contributed by atoms with Crippen LogP contribution in [0.25, 0.3) is 0 Å². The topological polar surface area (TPSA) is 62.1 Å². The first-order valence-corrected chi connectivity index (χ1v) is 6.44. The minimum atomic E-state index is -0.266.